The summed E-state index contributed by atoms with van der Waals surface area (Å²) >= 11 is 9.44. The lowest BCUT2D eigenvalue weighted by Gasteiger charge is -2.09. The van der Waals surface area contributed by atoms with Crippen LogP contribution in [0.5, 0.6) is 0 Å². The SMILES string of the molecule is CCNc1ncc(Cl)c(Nc2ccc(Br)cc2)n1. The minimum Gasteiger partial charge on any atom is -0.354 e. The van der Waals surface area contributed by atoms with Crippen molar-refractivity contribution in [1.82, 2.24) is 9.97 Å². The predicted molar refractivity (Wildman–Crippen MR) is 78.6 cm³/mol. The summed E-state index contributed by atoms with van der Waals surface area (Å²) in [5.41, 5.74) is 0.918. The number of benzene rings is 1. The van der Waals surface area contributed by atoms with Gasteiger partial charge in [-0.3, -0.25) is 0 Å². The Morgan fingerprint density at radius 3 is 2.67 bits per heavy atom. The number of halogens is 2. The zero-order valence-electron chi connectivity index (χ0n) is 9.74. The summed E-state index contributed by atoms with van der Waals surface area (Å²) in [4.78, 5) is 8.39. The van der Waals surface area contributed by atoms with E-state index < -0.39 is 0 Å². The summed E-state index contributed by atoms with van der Waals surface area (Å²) in [6.45, 7) is 2.75. The van der Waals surface area contributed by atoms with Crippen molar-refractivity contribution >= 4 is 45.0 Å². The molecule has 94 valence electrons. The number of hydrogen-bond acceptors (Lipinski definition) is 4. The molecule has 2 rings (SSSR count). The molecule has 0 radical (unpaired) electrons. The number of rotatable bonds is 4. The molecule has 4 nitrogen and oxygen atoms in total. The zero-order valence-corrected chi connectivity index (χ0v) is 12.1. The second kappa shape index (κ2) is 6.02. The van der Waals surface area contributed by atoms with Crippen LogP contribution in [0.2, 0.25) is 5.02 Å². The quantitative estimate of drug-likeness (QED) is 0.889. The molecule has 2 N–H and O–H groups in total. The largest absolute Gasteiger partial charge is 0.354 e. The molecule has 0 amide bonds. The van der Waals surface area contributed by atoms with E-state index in [0.717, 1.165) is 16.7 Å². The van der Waals surface area contributed by atoms with E-state index in [2.05, 4.69) is 36.5 Å². The van der Waals surface area contributed by atoms with Gasteiger partial charge in [-0.2, -0.15) is 4.98 Å². The summed E-state index contributed by atoms with van der Waals surface area (Å²) in [7, 11) is 0. The van der Waals surface area contributed by atoms with Gasteiger partial charge in [0.25, 0.3) is 0 Å². The fourth-order valence-corrected chi connectivity index (χ4v) is 1.77. The Morgan fingerprint density at radius 1 is 1.28 bits per heavy atom. The topological polar surface area (TPSA) is 49.8 Å². The molecule has 0 unspecified atom stereocenters. The lowest BCUT2D eigenvalue weighted by molar-refractivity contribution is 1.09. The zero-order chi connectivity index (χ0) is 13.0. The van der Waals surface area contributed by atoms with Crippen molar-refractivity contribution in [2.24, 2.45) is 0 Å². The number of hydrogen-bond donors (Lipinski definition) is 2. The lowest BCUT2D eigenvalue weighted by atomic mass is 10.3. The van der Waals surface area contributed by atoms with Gasteiger partial charge in [-0.15, -0.1) is 0 Å². The van der Waals surface area contributed by atoms with Crippen molar-refractivity contribution in [1.29, 1.82) is 0 Å². The minimum absolute atomic E-state index is 0.486. The van der Waals surface area contributed by atoms with E-state index >= 15 is 0 Å². The van der Waals surface area contributed by atoms with Crippen LogP contribution >= 0.6 is 27.5 Å². The molecule has 0 aliphatic rings. The third-order valence-corrected chi connectivity index (χ3v) is 2.99. The highest BCUT2D eigenvalue weighted by Crippen LogP contribution is 2.24. The molecule has 0 spiro atoms. The Morgan fingerprint density at radius 2 is 2.00 bits per heavy atom. The normalized spacial score (nSPS) is 10.2. The van der Waals surface area contributed by atoms with Crippen LogP contribution in [-0.2, 0) is 0 Å². The van der Waals surface area contributed by atoms with Crippen molar-refractivity contribution in [3.05, 3.63) is 40.0 Å². The first-order valence-corrected chi connectivity index (χ1v) is 6.65. The van der Waals surface area contributed by atoms with E-state index in [1.807, 2.05) is 31.2 Å². The van der Waals surface area contributed by atoms with Gasteiger partial charge in [0.05, 0.1) is 6.20 Å². The smallest absolute Gasteiger partial charge is 0.224 e. The fourth-order valence-electron chi connectivity index (χ4n) is 1.37. The Balaban J connectivity index is 2.22. The predicted octanol–water partition coefficient (Wildman–Crippen LogP) is 4.07. The number of aromatic nitrogens is 2. The van der Waals surface area contributed by atoms with Gasteiger partial charge in [0.2, 0.25) is 5.95 Å². The van der Waals surface area contributed by atoms with Crippen LogP contribution in [0.3, 0.4) is 0 Å². The molecule has 0 fully saturated rings. The number of nitrogens with zero attached hydrogens (tertiary/aromatic N) is 2. The van der Waals surface area contributed by atoms with E-state index in [9.17, 15) is 0 Å². The second-order valence-corrected chi connectivity index (χ2v) is 4.88. The van der Waals surface area contributed by atoms with Crippen molar-refractivity contribution in [2.45, 2.75) is 6.92 Å². The Labute approximate surface area is 119 Å². The first-order valence-electron chi connectivity index (χ1n) is 5.48. The summed E-state index contributed by atoms with van der Waals surface area (Å²) in [5, 5.41) is 6.68. The van der Waals surface area contributed by atoms with Crippen molar-refractivity contribution in [3.8, 4) is 0 Å². The maximum absolute atomic E-state index is 6.05. The number of anilines is 3. The van der Waals surface area contributed by atoms with Crippen LogP contribution in [0.15, 0.2) is 34.9 Å². The molecule has 18 heavy (non-hydrogen) atoms. The van der Waals surface area contributed by atoms with Gasteiger partial charge in [-0.1, -0.05) is 27.5 Å². The Bertz CT molecular complexity index is 530. The molecule has 6 heteroatoms. The molecule has 0 aliphatic heterocycles. The van der Waals surface area contributed by atoms with Gasteiger partial charge in [0.1, 0.15) is 5.02 Å². The van der Waals surface area contributed by atoms with Crippen molar-refractivity contribution < 1.29 is 0 Å². The highest BCUT2D eigenvalue weighted by molar-refractivity contribution is 9.10. The molecule has 0 atom stereocenters. The molecule has 0 bridgehead atoms. The van der Waals surface area contributed by atoms with Crippen LogP contribution in [0.25, 0.3) is 0 Å². The summed E-state index contributed by atoms with van der Waals surface area (Å²) < 4.78 is 1.02. The highest BCUT2D eigenvalue weighted by Gasteiger charge is 2.05. The summed E-state index contributed by atoms with van der Waals surface area (Å²) in [6, 6.07) is 7.77. The second-order valence-electron chi connectivity index (χ2n) is 3.55. The first-order chi connectivity index (χ1) is 8.69. The molecule has 0 saturated carbocycles. The van der Waals surface area contributed by atoms with E-state index in [-0.39, 0.29) is 0 Å². The third kappa shape index (κ3) is 3.34. The molecular formula is C12H12BrClN4. The third-order valence-electron chi connectivity index (χ3n) is 2.19. The van der Waals surface area contributed by atoms with E-state index in [4.69, 9.17) is 11.6 Å². The average Bonchev–Trinajstić information content (AvgIpc) is 2.36. The van der Waals surface area contributed by atoms with Crippen LogP contribution in [0.4, 0.5) is 17.5 Å². The average molecular weight is 328 g/mol. The molecule has 1 aromatic heterocycles. The first kappa shape index (κ1) is 13.1. The van der Waals surface area contributed by atoms with Crippen LogP contribution < -0.4 is 10.6 Å². The lowest BCUT2D eigenvalue weighted by Crippen LogP contribution is -2.04. The van der Waals surface area contributed by atoms with E-state index in [1.54, 1.807) is 6.20 Å². The van der Waals surface area contributed by atoms with Gasteiger partial charge in [-0.25, -0.2) is 4.98 Å². The maximum atomic E-state index is 6.05. The van der Waals surface area contributed by atoms with Crippen LogP contribution in [0, 0.1) is 0 Å². The molecular weight excluding hydrogens is 316 g/mol. The fraction of sp³-hybridized carbons (Fsp3) is 0.167. The van der Waals surface area contributed by atoms with Gasteiger partial charge >= 0.3 is 0 Å². The molecule has 1 heterocycles. The monoisotopic (exact) mass is 326 g/mol. The molecule has 0 saturated heterocycles. The van der Waals surface area contributed by atoms with E-state index in [1.165, 1.54) is 0 Å². The van der Waals surface area contributed by atoms with Crippen molar-refractivity contribution in [3.63, 3.8) is 0 Å². The van der Waals surface area contributed by atoms with Crippen molar-refractivity contribution in [2.75, 3.05) is 17.2 Å². The molecule has 0 aliphatic carbocycles. The van der Waals surface area contributed by atoms with Crippen LogP contribution in [0.1, 0.15) is 6.92 Å². The van der Waals surface area contributed by atoms with Gasteiger partial charge in [-0.05, 0) is 31.2 Å². The van der Waals surface area contributed by atoms with Gasteiger partial charge in [0.15, 0.2) is 5.82 Å². The maximum Gasteiger partial charge on any atom is 0.224 e. The van der Waals surface area contributed by atoms with Gasteiger partial charge < -0.3 is 10.6 Å². The Hall–Kier alpha value is -1.33. The van der Waals surface area contributed by atoms with Crippen LogP contribution in [-0.4, -0.2) is 16.5 Å². The van der Waals surface area contributed by atoms with Gasteiger partial charge in [0, 0.05) is 16.7 Å². The standard InChI is InChI=1S/C12H12BrClN4/c1-2-15-12-16-7-10(14)11(18-12)17-9-5-3-8(13)4-6-9/h3-7H,2H2,1H3,(H2,15,16,17,18). The summed E-state index contributed by atoms with van der Waals surface area (Å²) in [5.74, 6) is 1.14. The molecule has 1 aromatic carbocycles. The minimum atomic E-state index is 0.486. The van der Waals surface area contributed by atoms with E-state index in [0.29, 0.717) is 16.8 Å². The Kier molecular flexibility index (Phi) is 4.38. The highest BCUT2D eigenvalue weighted by atomic mass is 79.9. The molecule has 2 aromatic rings. The number of nitrogens with one attached hydrogen (secondary N) is 2. The summed E-state index contributed by atoms with van der Waals surface area (Å²) in [6.07, 6.45) is 1.58.